The van der Waals surface area contributed by atoms with Crippen molar-refractivity contribution in [1.29, 1.82) is 0 Å². The molecule has 4 nitrogen and oxygen atoms in total. The molecule has 2 rings (SSSR count). The zero-order chi connectivity index (χ0) is 14.0. The van der Waals surface area contributed by atoms with Gasteiger partial charge in [-0.1, -0.05) is 11.6 Å². The second-order valence-electron chi connectivity index (χ2n) is 4.17. The van der Waals surface area contributed by atoms with Crippen molar-refractivity contribution in [2.75, 3.05) is 7.11 Å². The minimum absolute atomic E-state index is 0.130. The molecule has 0 saturated carbocycles. The number of aryl methyl sites for hydroxylation is 2. The van der Waals surface area contributed by atoms with Crippen LogP contribution in [-0.4, -0.2) is 22.7 Å². The fourth-order valence-electron chi connectivity index (χ4n) is 1.98. The van der Waals surface area contributed by atoms with Crippen LogP contribution in [0.4, 0.5) is 0 Å². The summed E-state index contributed by atoms with van der Waals surface area (Å²) >= 11 is 6.04. The second-order valence-corrected chi connectivity index (χ2v) is 4.58. The molecule has 0 unspecified atom stereocenters. The highest BCUT2D eigenvalue weighted by Gasteiger charge is 2.19. The van der Waals surface area contributed by atoms with Crippen molar-refractivity contribution >= 4 is 17.4 Å². The van der Waals surface area contributed by atoms with Crippen molar-refractivity contribution in [2.45, 2.75) is 20.4 Å². The van der Waals surface area contributed by atoms with Crippen LogP contribution < -0.4 is 4.74 Å². The van der Waals surface area contributed by atoms with Gasteiger partial charge in [-0.05, 0) is 37.6 Å². The Morgan fingerprint density at radius 2 is 2.21 bits per heavy atom. The Labute approximate surface area is 116 Å². The average molecular weight is 279 g/mol. The molecule has 1 aromatic carbocycles. The van der Waals surface area contributed by atoms with Gasteiger partial charge in [0.1, 0.15) is 11.4 Å². The van der Waals surface area contributed by atoms with Gasteiger partial charge in [0.2, 0.25) is 5.78 Å². The summed E-state index contributed by atoms with van der Waals surface area (Å²) in [5, 5.41) is 4.45. The highest BCUT2D eigenvalue weighted by atomic mass is 35.5. The number of hydrogen-bond acceptors (Lipinski definition) is 3. The Kier molecular flexibility index (Phi) is 3.90. The number of benzene rings is 1. The summed E-state index contributed by atoms with van der Waals surface area (Å²) in [6, 6.07) is 5.31. The topological polar surface area (TPSA) is 44.1 Å². The van der Waals surface area contributed by atoms with Gasteiger partial charge in [0, 0.05) is 12.1 Å². The van der Waals surface area contributed by atoms with E-state index in [1.165, 1.54) is 6.20 Å². The second kappa shape index (κ2) is 5.45. The molecular formula is C14H15ClN2O2. The number of rotatable bonds is 4. The fourth-order valence-corrected chi connectivity index (χ4v) is 2.21. The molecule has 0 N–H and O–H groups in total. The predicted octanol–water partition coefficient (Wildman–Crippen LogP) is 3.10. The molecule has 2 aromatic rings. The van der Waals surface area contributed by atoms with Gasteiger partial charge in [-0.2, -0.15) is 5.10 Å². The highest BCUT2D eigenvalue weighted by Crippen LogP contribution is 2.23. The van der Waals surface area contributed by atoms with Gasteiger partial charge in [-0.3, -0.25) is 9.48 Å². The molecule has 1 heterocycles. The lowest BCUT2D eigenvalue weighted by atomic mass is 10.0. The number of aromatic nitrogens is 2. The van der Waals surface area contributed by atoms with Crippen LogP contribution in [0.25, 0.3) is 0 Å². The van der Waals surface area contributed by atoms with Crippen molar-refractivity contribution in [1.82, 2.24) is 9.78 Å². The van der Waals surface area contributed by atoms with Crippen LogP contribution in [0.3, 0.4) is 0 Å². The smallest absolute Gasteiger partial charge is 0.212 e. The van der Waals surface area contributed by atoms with Crippen LogP contribution in [0.2, 0.25) is 5.02 Å². The quantitative estimate of drug-likeness (QED) is 0.807. The van der Waals surface area contributed by atoms with Crippen LogP contribution in [0.1, 0.15) is 28.5 Å². The van der Waals surface area contributed by atoms with E-state index in [1.807, 2.05) is 13.8 Å². The van der Waals surface area contributed by atoms with Gasteiger partial charge >= 0.3 is 0 Å². The van der Waals surface area contributed by atoms with E-state index in [0.717, 1.165) is 11.3 Å². The zero-order valence-electron chi connectivity index (χ0n) is 11.1. The van der Waals surface area contributed by atoms with Gasteiger partial charge in [0.25, 0.3) is 0 Å². The predicted molar refractivity (Wildman–Crippen MR) is 74.1 cm³/mol. The summed E-state index contributed by atoms with van der Waals surface area (Å²) in [4.78, 5) is 12.5. The first kappa shape index (κ1) is 13.6. The van der Waals surface area contributed by atoms with Crippen molar-refractivity contribution < 1.29 is 9.53 Å². The van der Waals surface area contributed by atoms with Crippen molar-refractivity contribution in [2.24, 2.45) is 0 Å². The van der Waals surface area contributed by atoms with Gasteiger partial charge < -0.3 is 4.74 Å². The third kappa shape index (κ3) is 2.49. The Hall–Kier alpha value is -1.81. The lowest BCUT2D eigenvalue weighted by Crippen LogP contribution is -2.11. The van der Waals surface area contributed by atoms with Gasteiger partial charge in [0.05, 0.1) is 18.3 Å². The number of ketones is 1. The third-order valence-corrected chi connectivity index (χ3v) is 3.24. The molecule has 0 aliphatic carbocycles. The van der Waals surface area contributed by atoms with E-state index >= 15 is 0 Å². The Morgan fingerprint density at radius 3 is 2.79 bits per heavy atom. The molecule has 5 heteroatoms. The highest BCUT2D eigenvalue weighted by molar-refractivity contribution is 6.34. The first-order valence-corrected chi connectivity index (χ1v) is 6.37. The summed E-state index contributed by atoms with van der Waals surface area (Å²) in [5.74, 6) is 0.627. The minimum atomic E-state index is -0.130. The van der Waals surface area contributed by atoms with Crippen molar-refractivity contribution in [3.8, 4) is 5.75 Å². The maximum atomic E-state index is 12.5. The van der Waals surface area contributed by atoms with Crippen molar-refractivity contribution in [3.63, 3.8) is 0 Å². The van der Waals surface area contributed by atoms with E-state index < -0.39 is 0 Å². The molecule has 19 heavy (non-hydrogen) atoms. The summed E-state index contributed by atoms with van der Waals surface area (Å²) in [5.41, 5.74) is 1.91. The summed E-state index contributed by atoms with van der Waals surface area (Å²) < 4.78 is 6.79. The molecule has 1 aromatic heterocycles. The first-order chi connectivity index (χ1) is 9.08. The fraction of sp³-hybridized carbons (Fsp3) is 0.286. The third-order valence-electron chi connectivity index (χ3n) is 2.97. The number of hydrogen-bond donors (Lipinski definition) is 0. The lowest BCUT2D eigenvalue weighted by Gasteiger charge is -2.08. The normalized spacial score (nSPS) is 10.5. The van der Waals surface area contributed by atoms with Gasteiger partial charge in [-0.25, -0.2) is 0 Å². The maximum absolute atomic E-state index is 12.5. The van der Waals surface area contributed by atoms with Gasteiger partial charge in [-0.15, -0.1) is 0 Å². The largest absolute Gasteiger partial charge is 0.496 e. The summed E-state index contributed by atoms with van der Waals surface area (Å²) in [7, 11) is 1.60. The lowest BCUT2D eigenvalue weighted by molar-refractivity contribution is 0.102. The molecule has 0 fully saturated rings. The molecule has 0 atom stereocenters. The van der Waals surface area contributed by atoms with Crippen LogP contribution in [-0.2, 0) is 6.54 Å². The Morgan fingerprint density at radius 1 is 1.47 bits per heavy atom. The number of ether oxygens (including phenoxy) is 1. The summed E-state index contributed by atoms with van der Waals surface area (Å²) in [6.45, 7) is 4.41. The van der Waals surface area contributed by atoms with Crippen molar-refractivity contribution in [3.05, 3.63) is 46.2 Å². The van der Waals surface area contributed by atoms with E-state index in [0.29, 0.717) is 22.8 Å². The van der Waals surface area contributed by atoms with Gasteiger partial charge in [0.15, 0.2) is 0 Å². The number of nitrogens with zero attached hydrogens (tertiary/aromatic N) is 2. The van der Waals surface area contributed by atoms with Crippen LogP contribution >= 0.6 is 11.6 Å². The van der Waals surface area contributed by atoms with Crippen LogP contribution in [0, 0.1) is 6.92 Å². The molecule has 0 aliphatic heterocycles. The number of halogens is 1. The molecule has 0 saturated heterocycles. The summed E-state index contributed by atoms with van der Waals surface area (Å²) in [6.07, 6.45) is 1.49. The average Bonchev–Trinajstić information content (AvgIpc) is 2.78. The molecule has 0 bridgehead atoms. The molecular weight excluding hydrogens is 264 g/mol. The maximum Gasteiger partial charge on any atom is 0.212 e. The Bertz CT molecular complexity index is 620. The SMILES string of the molecule is CCn1ncc(Cl)c1C(=O)c1ccc(OC)c(C)c1. The Balaban J connectivity index is 2.44. The molecule has 0 radical (unpaired) electrons. The van der Waals surface area contributed by atoms with E-state index in [1.54, 1.807) is 30.0 Å². The monoisotopic (exact) mass is 278 g/mol. The van der Waals surface area contributed by atoms with Crippen LogP contribution in [0.5, 0.6) is 5.75 Å². The molecule has 0 spiro atoms. The van der Waals surface area contributed by atoms with E-state index in [4.69, 9.17) is 16.3 Å². The molecule has 0 aliphatic rings. The van der Waals surface area contributed by atoms with Crippen LogP contribution in [0.15, 0.2) is 24.4 Å². The number of methoxy groups -OCH3 is 1. The number of carbonyl (C=O) groups is 1. The van der Waals surface area contributed by atoms with E-state index in [-0.39, 0.29) is 5.78 Å². The standard InChI is InChI=1S/C14H15ClN2O2/c1-4-17-13(11(15)8-16-17)14(18)10-5-6-12(19-3)9(2)7-10/h5-8H,4H2,1-3H3. The molecule has 100 valence electrons. The molecule has 0 amide bonds. The minimum Gasteiger partial charge on any atom is -0.496 e. The van der Waals surface area contributed by atoms with E-state index in [9.17, 15) is 4.79 Å². The zero-order valence-corrected chi connectivity index (χ0v) is 11.9. The van der Waals surface area contributed by atoms with E-state index in [2.05, 4.69) is 5.10 Å². The first-order valence-electron chi connectivity index (χ1n) is 5.99. The number of carbonyl (C=O) groups excluding carboxylic acids is 1.